The second-order valence-electron chi connectivity index (χ2n) is 12.6. The van der Waals surface area contributed by atoms with Gasteiger partial charge in [0, 0.05) is 24.6 Å². The molecule has 9 nitrogen and oxygen atoms in total. The summed E-state index contributed by atoms with van der Waals surface area (Å²) in [6, 6.07) is 10.8. The quantitative estimate of drug-likeness (QED) is 0.0941. The molecule has 5 rings (SSSR count). The number of benzene rings is 3. The van der Waals surface area contributed by atoms with Crippen LogP contribution in [0.2, 0.25) is 0 Å². The zero-order chi connectivity index (χ0) is 38.3. The van der Waals surface area contributed by atoms with Crippen LogP contribution in [0.15, 0.2) is 60.9 Å². The first kappa shape index (κ1) is 42.5. The fourth-order valence-corrected chi connectivity index (χ4v) is 6.44. The van der Waals surface area contributed by atoms with Crippen molar-refractivity contribution >= 4 is 11.9 Å². The van der Waals surface area contributed by atoms with Crippen LogP contribution in [0.4, 0.5) is 32.3 Å². The predicted octanol–water partition coefficient (Wildman–Crippen LogP) is 4.98. The zero-order valence-electron chi connectivity index (χ0n) is 30.3. The maximum absolute atomic E-state index is 13.9. The van der Waals surface area contributed by atoms with Gasteiger partial charge in [0.15, 0.2) is 17.2 Å². The second kappa shape index (κ2) is 18.4. The molecule has 1 heterocycles. The average molecular weight is 770 g/mol. The van der Waals surface area contributed by atoms with Gasteiger partial charge in [-0.05, 0) is 96.3 Å². The monoisotopic (exact) mass is 769 g/mol. The molecular formula is C38H38F6N3NaO6. The van der Waals surface area contributed by atoms with Gasteiger partial charge in [-0.1, -0.05) is 18.9 Å². The third-order valence-corrected chi connectivity index (χ3v) is 9.02. The SMILES string of the molecule is COc1cc(CN(Cc2cc(C(F)(F)F)cc(C(F)(F)F)c2)c2ncc(OCCCC(=O)[O-])cn2)c(-c2cc(C3CCCC3)ccc2OC)cc1OC.[Na+]. The Bertz CT molecular complexity index is 1850. The van der Waals surface area contributed by atoms with Gasteiger partial charge < -0.3 is 33.7 Å². The minimum Gasteiger partial charge on any atom is -0.550 e. The fourth-order valence-electron chi connectivity index (χ4n) is 6.44. The molecule has 16 heteroatoms. The van der Waals surface area contributed by atoms with Crippen molar-refractivity contribution in [2.75, 3.05) is 32.8 Å². The zero-order valence-corrected chi connectivity index (χ0v) is 32.3. The number of alkyl halides is 6. The number of hydrogen-bond donors (Lipinski definition) is 0. The van der Waals surface area contributed by atoms with E-state index in [-0.39, 0.29) is 78.9 Å². The van der Waals surface area contributed by atoms with E-state index in [2.05, 4.69) is 9.97 Å². The maximum atomic E-state index is 13.9. The molecule has 1 saturated carbocycles. The van der Waals surface area contributed by atoms with E-state index in [9.17, 15) is 36.2 Å². The Morgan fingerprint density at radius 2 is 1.39 bits per heavy atom. The second-order valence-corrected chi connectivity index (χ2v) is 12.6. The van der Waals surface area contributed by atoms with E-state index in [1.54, 1.807) is 12.1 Å². The van der Waals surface area contributed by atoms with Crippen LogP contribution in [-0.4, -0.2) is 43.9 Å². The summed E-state index contributed by atoms with van der Waals surface area (Å²) in [5.74, 6) is 0.495. The van der Waals surface area contributed by atoms with Crippen LogP contribution in [0.5, 0.6) is 23.0 Å². The molecule has 0 atom stereocenters. The Kier molecular flexibility index (Phi) is 14.5. The van der Waals surface area contributed by atoms with Gasteiger partial charge in [-0.25, -0.2) is 9.97 Å². The fraction of sp³-hybridized carbons (Fsp3) is 0.395. The minimum absolute atomic E-state index is 0. The smallest absolute Gasteiger partial charge is 0.550 e. The number of carboxylic acids is 1. The molecular weight excluding hydrogens is 731 g/mol. The third kappa shape index (κ3) is 10.7. The van der Waals surface area contributed by atoms with Crippen molar-refractivity contribution in [3.05, 3.63) is 88.7 Å². The Hall–Kier alpha value is -4.21. The number of methoxy groups -OCH3 is 3. The van der Waals surface area contributed by atoms with Gasteiger partial charge in [0.2, 0.25) is 5.95 Å². The van der Waals surface area contributed by atoms with Gasteiger partial charge >= 0.3 is 41.9 Å². The Balaban J connectivity index is 0.00000650. The molecule has 0 spiro atoms. The van der Waals surface area contributed by atoms with Crippen LogP contribution >= 0.6 is 0 Å². The molecule has 0 radical (unpaired) electrons. The van der Waals surface area contributed by atoms with Crippen molar-refractivity contribution in [2.24, 2.45) is 0 Å². The molecule has 1 aliphatic rings. The van der Waals surface area contributed by atoms with Crippen molar-refractivity contribution in [3.63, 3.8) is 0 Å². The summed E-state index contributed by atoms with van der Waals surface area (Å²) in [4.78, 5) is 20.9. The Morgan fingerprint density at radius 3 is 1.94 bits per heavy atom. The van der Waals surface area contributed by atoms with E-state index in [0.717, 1.165) is 31.2 Å². The number of carboxylic acid groups (broad SMARTS) is 1. The standard InChI is InChI=1S/C38H39F6N3O6.Na/c1-50-32-11-10-25(24-7-4-5-8-24)15-31(32)30-18-34(52-3)33(51-2)16-26(30)22-47(36-45-19-29(20-46-36)53-12-6-9-35(48)49)21-23-13-27(37(39,40)41)17-28(14-23)38(42,43)44;/h10-11,13-20,24H,4-9,12,21-22H2,1-3H3,(H,48,49);/q;+1/p-1. The van der Waals surface area contributed by atoms with E-state index >= 15 is 0 Å². The maximum Gasteiger partial charge on any atom is 1.00 e. The van der Waals surface area contributed by atoms with Crippen molar-refractivity contribution < 1.29 is 84.7 Å². The van der Waals surface area contributed by atoms with Crippen LogP contribution in [0.1, 0.15) is 72.3 Å². The van der Waals surface area contributed by atoms with E-state index < -0.39 is 36.0 Å². The topological polar surface area (TPSA) is 106 Å². The number of carbonyl (C=O) groups is 1. The number of nitrogens with zero attached hydrogens (tertiary/aromatic N) is 3. The van der Waals surface area contributed by atoms with Gasteiger partial charge in [-0.2, -0.15) is 26.3 Å². The molecule has 0 amide bonds. The third-order valence-electron chi connectivity index (χ3n) is 9.02. The molecule has 0 aliphatic heterocycles. The van der Waals surface area contributed by atoms with Gasteiger partial charge in [-0.3, -0.25) is 0 Å². The van der Waals surface area contributed by atoms with Crippen LogP contribution < -0.4 is 58.5 Å². The minimum atomic E-state index is -5.05. The van der Waals surface area contributed by atoms with Crippen LogP contribution in [0, 0.1) is 0 Å². The molecule has 3 aromatic carbocycles. The van der Waals surface area contributed by atoms with E-state index in [0.29, 0.717) is 52.0 Å². The summed E-state index contributed by atoms with van der Waals surface area (Å²) in [6.07, 6.45) is -3.33. The van der Waals surface area contributed by atoms with E-state index in [1.165, 1.54) is 38.6 Å². The van der Waals surface area contributed by atoms with Crippen molar-refractivity contribution in [1.29, 1.82) is 0 Å². The average Bonchev–Trinajstić information content (AvgIpc) is 3.67. The number of aromatic nitrogens is 2. The van der Waals surface area contributed by atoms with Crippen LogP contribution in [0.3, 0.4) is 0 Å². The molecule has 0 unspecified atom stereocenters. The Morgan fingerprint density at radius 1 is 0.796 bits per heavy atom. The largest absolute Gasteiger partial charge is 1.00 e. The van der Waals surface area contributed by atoms with Gasteiger partial charge in [0.05, 0.1) is 51.5 Å². The first-order valence-electron chi connectivity index (χ1n) is 16.8. The van der Waals surface area contributed by atoms with Crippen LogP contribution in [0.25, 0.3) is 11.1 Å². The summed E-state index contributed by atoms with van der Waals surface area (Å²) >= 11 is 0. The van der Waals surface area contributed by atoms with Gasteiger partial charge in [0.25, 0.3) is 0 Å². The summed E-state index contributed by atoms with van der Waals surface area (Å²) in [6.45, 7) is -0.566. The van der Waals surface area contributed by atoms with Gasteiger partial charge in [-0.15, -0.1) is 0 Å². The molecule has 54 heavy (non-hydrogen) atoms. The van der Waals surface area contributed by atoms with Crippen molar-refractivity contribution in [3.8, 4) is 34.1 Å². The predicted molar refractivity (Wildman–Crippen MR) is 181 cm³/mol. The number of rotatable bonds is 15. The van der Waals surface area contributed by atoms with Crippen molar-refractivity contribution in [1.82, 2.24) is 9.97 Å². The summed E-state index contributed by atoms with van der Waals surface area (Å²) in [5.41, 5.74) is -0.213. The molecule has 1 fully saturated rings. The first-order valence-corrected chi connectivity index (χ1v) is 16.8. The summed E-state index contributed by atoms with van der Waals surface area (Å²) in [7, 11) is 4.45. The molecule has 0 N–H and O–H groups in total. The number of anilines is 1. The molecule has 1 aliphatic carbocycles. The van der Waals surface area contributed by atoms with Gasteiger partial charge in [0.1, 0.15) is 5.75 Å². The van der Waals surface area contributed by atoms with E-state index in [1.807, 2.05) is 18.2 Å². The number of halogens is 6. The number of carbonyl (C=O) groups excluding carboxylic acids is 1. The number of ether oxygens (including phenoxy) is 4. The van der Waals surface area contributed by atoms with E-state index in [4.69, 9.17) is 18.9 Å². The summed E-state index contributed by atoms with van der Waals surface area (Å²) < 4.78 is 106. The van der Waals surface area contributed by atoms with Crippen molar-refractivity contribution in [2.45, 2.75) is 69.9 Å². The molecule has 1 aromatic heterocycles. The first-order chi connectivity index (χ1) is 25.2. The molecule has 0 saturated heterocycles. The molecule has 0 bridgehead atoms. The number of aliphatic carboxylic acids is 1. The number of hydrogen-bond acceptors (Lipinski definition) is 9. The normalized spacial score (nSPS) is 13.3. The van der Waals surface area contributed by atoms with Crippen LogP contribution in [-0.2, 0) is 30.2 Å². The molecule has 4 aromatic rings. The summed E-state index contributed by atoms with van der Waals surface area (Å²) in [5, 5.41) is 10.7. The Labute approximate surface area is 330 Å². The molecule has 284 valence electrons.